The van der Waals surface area contributed by atoms with Gasteiger partial charge >= 0.3 is 5.97 Å². The van der Waals surface area contributed by atoms with Crippen LogP contribution in [0.15, 0.2) is 51.4 Å². The first kappa shape index (κ1) is 25.1. The Morgan fingerprint density at radius 3 is 2.67 bits per heavy atom. The molecule has 1 rings (SSSR count). The predicted octanol–water partition coefficient (Wildman–Crippen LogP) is 4.12. The summed E-state index contributed by atoms with van der Waals surface area (Å²) in [6, 6.07) is 8.01. The minimum Gasteiger partial charge on any atom is -0.469 e. The van der Waals surface area contributed by atoms with E-state index in [4.69, 9.17) is 4.74 Å². The van der Waals surface area contributed by atoms with Crippen molar-refractivity contribution in [3.63, 3.8) is 0 Å². The van der Waals surface area contributed by atoms with Gasteiger partial charge in [0.05, 0.1) is 13.5 Å². The maximum atomic E-state index is 11.5. The van der Waals surface area contributed by atoms with Crippen LogP contribution in [0.5, 0.6) is 0 Å². The van der Waals surface area contributed by atoms with E-state index in [-0.39, 0.29) is 24.6 Å². The van der Waals surface area contributed by atoms with Gasteiger partial charge in [-0.05, 0) is 51.8 Å². The Hall–Kier alpha value is -2.90. The molecular formula is C22H36N6O2. The molecule has 166 valence electrons. The molecule has 0 aliphatic carbocycles. The Morgan fingerprint density at radius 2 is 2.03 bits per heavy atom. The quantitative estimate of drug-likeness (QED) is 0.182. The van der Waals surface area contributed by atoms with E-state index in [1.54, 1.807) is 11.2 Å². The number of hydrogen-bond acceptors (Lipinski definition) is 7. The number of ether oxygens (including phenoxy) is 1. The largest absolute Gasteiger partial charge is 0.469 e. The number of allylic oxidation sites excluding steroid dienone is 1. The molecule has 0 fully saturated rings. The molecule has 0 bridgehead atoms. The number of hydrogen-bond donors (Lipinski definition) is 1. The van der Waals surface area contributed by atoms with Gasteiger partial charge in [-0.2, -0.15) is 5.10 Å². The maximum absolute atomic E-state index is 11.5. The van der Waals surface area contributed by atoms with Gasteiger partial charge in [0.15, 0.2) is 6.17 Å². The minimum atomic E-state index is -0.246. The van der Waals surface area contributed by atoms with Crippen molar-refractivity contribution in [2.75, 3.05) is 33.1 Å². The van der Waals surface area contributed by atoms with Crippen molar-refractivity contribution in [1.82, 2.24) is 10.0 Å². The van der Waals surface area contributed by atoms with Crippen LogP contribution in [0.1, 0.15) is 39.7 Å². The predicted molar refractivity (Wildman–Crippen MR) is 122 cm³/mol. The standard InChI is InChI=1S/C22H36N6O2/c1-8-17(3)21(13-14-27(5)26-25-18(4)28(6)23-9-2)24-20-12-10-11-19(15-20)16-22(29)30-7/h8-12,15,18,21,24H,13-14,16H2,1-7H3/b17-8+,23-9-,26-25?. The number of carbonyl (C=O) groups excluding carboxylic acids is 1. The van der Waals surface area contributed by atoms with E-state index in [9.17, 15) is 4.79 Å². The van der Waals surface area contributed by atoms with Gasteiger partial charge in [0.25, 0.3) is 0 Å². The fourth-order valence-corrected chi connectivity index (χ4v) is 2.70. The third-order valence-electron chi connectivity index (χ3n) is 4.80. The molecular weight excluding hydrogens is 380 g/mol. The first-order valence-electron chi connectivity index (χ1n) is 10.2. The molecule has 30 heavy (non-hydrogen) atoms. The molecule has 2 atom stereocenters. The van der Waals surface area contributed by atoms with Crippen molar-refractivity contribution in [1.29, 1.82) is 0 Å². The molecule has 1 aromatic rings. The summed E-state index contributed by atoms with van der Waals surface area (Å²) < 4.78 is 4.76. The van der Waals surface area contributed by atoms with E-state index in [0.29, 0.717) is 0 Å². The summed E-state index contributed by atoms with van der Waals surface area (Å²) in [4.78, 5) is 11.5. The molecule has 0 aromatic heterocycles. The van der Waals surface area contributed by atoms with Crippen molar-refractivity contribution >= 4 is 17.9 Å². The Kier molecular flexibility index (Phi) is 11.2. The summed E-state index contributed by atoms with van der Waals surface area (Å²) in [6.45, 7) is 8.69. The number of benzene rings is 1. The lowest BCUT2D eigenvalue weighted by Crippen LogP contribution is -2.27. The zero-order valence-corrected chi connectivity index (χ0v) is 19.3. The highest BCUT2D eigenvalue weighted by atomic mass is 16.5. The number of hydrazone groups is 1. The molecule has 0 heterocycles. The normalized spacial score (nSPS) is 14.0. The van der Waals surface area contributed by atoms with Crippen LogP contribution in [0.4, 0.5) is 5.69 Å². The van der Waals surface area contributed by atoms with Gasteiger partial charge in [0, 0.05) is 38.6 Å². The van der Waals surface area contributed by atoms with Gasteiger partial charge in [0.2, 0.25) is 0 Å². The molecule has 8 heteroatoms. The van der Waals surface area contributed by atoms with Crippen LogP contribution in [-0.4, -0.2) is 62.2 Å². The van der Waals surface area contributed by atoms with Crippen LogP contribution in [0.2, 0.25) is 0 Å². The van der Waals surface area contributed by atoms with Crippen molar-refractivity contribution < 1.29 is 9.53 Å². The van der Waals surface area contributed by atoms with Gasteiger partial charge in [-0.1, -0.05) is 29.0 Å². The zero-order valence-electron chi connectivity index (χ0n) is 19.3. The Balaban J connectivity index is 2.73. The van der Waals surface area contributed by atoms with Crippen LogP contribution in [-0.2, 0) is 16.0 Å². The lowest BCUT2D eigenvalue weighted by Gasteiger charge is -2.23. The summed E-state index contributed by atoms with van der Waals surface area (Å²) in [5.41, 5.74) is 3.13. The summed E-state index contributed by atoms with van der Waals surface area (Å²) >= 11 is 0. The maximum Gasteiger partial charge on any atom is 0.309 e. The fourth-order valence-electron chi connectivity index (χ4n) is 2.70. The number of anilines is 1. The third kappa shape index (κ3) is 9.07. The van der Waals surface area contributed by atoms with Crippen LogP contribution >= 0.6 is 0 Å². The number of nitrogens with zero attached hydrogens (tertiary/aromatic N) is 5. The summed E-state index contributed by atoms with van der Waals surface area (Å²) in [5, 5.41) is 19.9. The van der Waals surface area contributed by atoms with Gasteiger partial charge in [-0.25, -0.2) is 0 Å². The van der Waals surface area contributed by atoms with Crippen LogP contribution in [0, 0.1) is 0 Å². The Bertz CT molecular complexity index is 747. The molecule has 0 amide bonds. The zero-order chi connectivity index (χ0) is 22.5. The fraction of sp³-hybridized carbons (Fsp3) is 0.545. The number of methoxy groups -OCH3 is 1. The SMILES string of the molecule is C/C=N\N(C)C(C)N=NN(C)CCC(Nc1cccc(CC(=O)OC)c1)/C(C)=C/C. The van der Waals surface area contributed by atoms with Crippen LogP contribution in [0.3, 0.4) is 0 Å². The van der Waals surface area contributed by atoms with E-state index in [0.717, 1.165) is 24.2 Å². The average Bonchev–Trinajstić information content (AvgIpc) is 2.74. The topological polar surface area (TPSA) is 81.9 Å². The lowest BCUT2D eigenvalue weighted by atomic mass is 10.0. The third-order valence-corrected chi connectivity index (χ3v) is 4.80. The van der Waals surface area contributed by atoms with E-state index < -0.39 is 0 Å². The van der Waals surface area contributed by atoms with E-state index in [1.807, 2.05) is 64.1 Å². The number of esters is 1. The Labute approximate surface area is 180 Å². The molecule has 1 N–H and O–H groups in total. The highest BCUT2D eigenvalue weighted by Crippen LogP contribution is 2.18. The van der Waals surface area contributed by atoms with Gasteiger partial charge in [-0.3, -0.25) is 14.8 Å². The molecule has 0 saturated heterocycles. The monoisotopic (exact) mass is 416 g/mol. The molecule has 0 aliphatic rings. The second-order valence-corrected chi connectivity index (χ2v) is 7.14. The summed E-state index contributed by atoms with van der Waals surface area (Å²) in [5.74, 6) is -0.246. The Morgan fingerprint density at radius 1 is 1.30 bits per heavy atom. The molecule has 2 unspecified atom stereocenters. The molecule has 0 radical (unpaired) electrons. The van der Waals surface area contributed by atoms with Gasteiger partial charge < -0.3 is 10.1 Å². The van der Waals surface area contributed by atoms with Crippen molar-refractivity contribution in [2.24, 2.45) is 15.4 Å². The molecule has 0 aliphatic heterocycles. The summed E-state index contributed by atoms with van der Waals surface area (Å²) in [6.07, 6.45) is 4.82. The van der Waals surface area contributed by atoms with E-state index >= 15 is 0 Å². The van der Waals surface area contributed by atoms with Crippen molar-refractivity contribution in [3.8, 4) is 0 Å². The molecule has 8 nitrogen and oxygen atoms in total. The lowest BCUT2D eigenvalue weighted by molar-refractivity contribution is -0.139. The van der Waals surface area contributed by atoms with Crippen LogP contribution < -0.4 is 5.32 Å². The van der Waals surface area contributed by atoms with Gasteiger partial charge in [-0.15, -0.1) is 5.11 Å². The van der Waals surface area contributed by atoms with E-state index in [1.165, 1.54) is 12.7 Å². The smallest absolute Gasteiger partial charge is 0.309 e. The second kappa shape index (κ2) is 13.3. The average molecular weight is 417 g/mol. The first-order valence-corrected chi connectivity index (χ1v) is 10.2. The van der Waals surface area contributed by atoms with Crippen LogP contribution in [0.25, 0.3) is 0 Å². The first-order chi connectivity index (χ1) is 14.3. The highest BCUT2D eigenvalue weighted by Gasteiger charge is 2.13. The highest BCUT2D eigenvalue weighted by molar-refractivity contribution is 5.73. The van der Waals surface area contributed by atoms with E-state index in [2.05, 4.69) is 33.8 Å². The molecule has 0 saturated carbocycles. The number of rotatable bonds is 12. The molecule has 1 aromatic carbocycles. The molecule has 0 spiro atoms. The minimum absolute atomic E-state index is 0.132. The number of nitrogens with one attached hydrogen (secondary N) is 1. The summed E-state index contributed by atoms with van der Waals surface area (Å²) in [7, 11) is 5.19. The second-order valence-electron chi connectivity index (χ2n) is 7.14. The van der Waals surface area contributed by atoms with Crippen molar-refractivity contribution in [3.05, 3.63) is 41.5 Å². The van der Waals surface area contributed by atoms with Gasteiger partial charge in [0.1, 0.15) is 0 Å². The number of carbonyl (C=O) groups is 1. The van der Waals surface area contributed by atoms with Crippen molar-refractivity contribution in [2.45, 2.75) is 52.7 Å².